The SMILES string of the molecule is Cc1cccc(NC(=O)N2CCC3(CC2)C(=O)N(c2cccc(F)c2)C3c2ccccc2)c1. The fourth-order valence-electron chi connectivity index (χ4n) is 5.17. The summed E-state index contributed by atoms with van der Waals surface area (Å²) < 4.78 is 13.9. The van der Waals surface area contributed by atoms with Crippen molar-refractivity contribution in [1.82, 2.24) is 4.90 Å². The van der Waals surface area contributed by atoms with Crippen LogP contribution < -0.4 is 10.2 Å². The number of piperidine rings is 1. The number of nitrogens with zero attached hydrogens (tertiary/aromatic N) is 2. The van der Waals surface area contributed by atoms with Crippen LogP contribution in [-0.4, -0.2) is 29.9 Å². The minimum Gasteiger partial charge on any atom is -0.324 e. The fourth-order valence-corrected chi connectivity index (χ4v) is 5.17. The van der Waals surface area contributed by atoms with Crippen LogP contribution in [0.15, 0.2) is 78.9 Å². The van der Waals surface area contributed by atoms with Gasteiger partial charge in [-0.05, 0) is 61.2 Å². The molecule has 0 aliphatic carbocycles. The third-order valence-electron chi connectivity index (χ3n) is 6.84. The number of β-lactam (4-membered cyclic amide) rings is 1. The van der Waals surface area contributed by atoms with Crippen LogP contribution in [0.2, 0.25) is 0 Å². The number of hydrogen-bond acceptors (Lipinski definition) is 2. The molecule has 2 heterocycles. The lowest BCUT2D eigenvalue weighted by Crippen LogP contribution is -2.67. The molecule has 3 aromatic carbocycles. The van der Waals surface area contributed by atoms with Crippen molar-refractivity contribution >= 4 is 23.3 Å². The summed E-state index contributed by atoms with van der Waals surface area (Å²) in [4.78, 5) is 29.8. The largest absolute Gasteiger partial charge is 0.324 e. The van der Waals surface area contributed by atoms with Crippen molar-refractivity contribution in [2.45, 2.75) is 25.8 Å². The molecular weight excluding hydrogens is 417 g/mol. The molecule has 33 heavy (non-hydrogen) atoms. The quantitative estimate of drug-likeness (QED) is 0.541. The average molecular weight is 444 g/mol. The highest BCUT2D eigenvalue weighted by atomic mass is 19.1. The molecule has 0 bridgehead atoms. The van der Waals surface area contributed by atoms with Gasteiger partial charge in [0, 0.05) is 24.5 Å². The molecular formula is C27H26FN3O2. The number of rotatable bonds is 3. The molecule has 0 radical (unpaired) electrons. The van der Waals surface area contributed by atoms with E-state index >= 15 is 0 Å². The molecule has 0 saturated carbocycles. The van der Waals surface area contributed by atoms with Gasteiger partial charge in [-0.3, -0.25) is 4.79 Å². The maximum Gasteiger partial charge on any atom is 0.321 e. The first-order valence-corrected chi connectivity index (χ1v) is 11.2. The molecule has 2 fully saturated rings. The highest BCUT2D eigenvalue weighted by Gasteiger charge is 2.62. The van der Waals surface area contributed by atoms with Gasteiger partial charge in [-0.2, -0.15) is 0 Å². The van der Waals surface area contributed by atoms with E-state index in [1.807, 2.05) is 61.5 Å². The third-order valence-corrected chi connectivity index (χ3v) is 6.84. The van der Waals surface area contributed by atoms with Crippen LogP contribution in [0, 0.1) is 18.2 Å². The number of carbonyl (C=O) groups is 2. The Labute approximate surface area is 192 Å². The van der Waals surface area contributed by atoms with Crippen molar-refractivity contribution in [1.29, 1.82) is 0 Å². The van der Waals surface area contributed by atoms with Crippen LogP contribution >= 0.6 is 0 Å². The van der Waals surface area contributed by atoms with E-state index < -0.39 is 5.41 Å². The number of halogens is 1. The number of carbonyl (C=O) groups excluding carboxylic acids is 2. The number of anilines is 2. The minimum absolute atomic E-state index is 0.000644. The second kappa shape index (κ2) is 8.35. The Hall–Kier alpha value is -3.67. The Morgan fingerprint density at radius 2 is 1.70 bits per heavy atom. The van der Waals surface area contributed by atoms with Crippen molar-refractivity contribution in [3.05, 3.63) is 95.8 Å². The van der Waals surface area contributed by atoms with E-state index in [9.17, 15) is 14.0 Å². The summed E-state index contributed by atoms with van der Waals surface area (Å²) in [6.45, 7) is 2.96. The van der Waals surface area contributed by atoms with Crippen molar-refractivity contribution in [3.8, 4) is 0 Å². The second-order valence-electron chi connectivity index (χ2n) is 8.91. The maximum atomic E-state index is 13.9. The van der Waals surface area contributed by atoms with Crippen LogP contribution in [0.5, 0.6) is 0 Å². The van der Waals surface area contributed by atoms with Gasteiger partial charge in [-0.1, -0.05) is 48.5 Å². The Morgan fingerprint density at radius 1 is 0.970 bits per heavy atom. The summed E-state index contributed by atoms with van der Waals surface area (Å²) in [6.07, 6.45) is 1.14. The zero-order chi connectivity index (χ0) is 23.0. The molecule has 5 nitrogen and oxygen atoms in total. The molecule has 3 amide bonds. The van der Waals surface area contributed by atoms with E-state index in [2.05, 4.69) is 5.32 Å². The molecule has 2 aliphatic rings. The van der Waals surface area contributed by atoms with E-state index in [1.165, 1.54) is 12.1 Å². The van der Waals surface area contributed by atoms with Gasteiger partial charge in [0.2, 0.25) is 5.91 Å². The number of urea groups is 1. The van der Waals surface area contributed by atoms with Crippen molar-refractivity contribution in [3.63, 3.8) is 0 Å². The highest BCUT2D eigenvalue weighted by molar-refractivity contribution is 6.06. The second-order valence-corrected chi connectivity index (χ2v) is 8.91. The monoisotopic (exact) mass is 443 g/mol. The first-order valence-electron chi connectivity index (χ1n) is 11.2. The Kier molecular flexibility index (Phi) is 5.36. The van der Waals surface area contributed by atoms with Crippen LogP contribution in [-0.2, 0) is 4.79 Å². The molecule has 2 aliphatic heterocycles. The summed E-state index contributed by atoms with van der Waals surface area (Å²) in [5.41, 5.74) is 2.85. The third kappa shape index (κ3) is 3.75. The molecule has 6 heteroatoms. The van der Waals surface area contributed by atoms with Crippen molar-refractivity contribution in [2.24, 2.45) is 5.41 Å². The van der Waals surface area contributed by atoms with Gasteiger partial charge in [-0.15, -0.1) is 0 Å². The van der Waals surface area contributed by atoms with Gasteiger partial charge in [0.05, 0.1) is 11.5 Å². The van der Waals surface area contributed by atoms with Crippen molar-refractivity contribution < 1.29 is 14.0 Å². The molecule has 1 spiro atoms. The van der Waals surface area contributed by atoms with E-state index in [1.54, 1.807) is 21.9 Å². The fraction of sp³-hybridized carbons (Fsp3) is 0.259. The summed E-state index contributed by atoms with van der Waals surface area (Å²) >= 11 is 0. The van der Waals surface area contributed by atoms with Gasteiger partial charge in [-0.25, -0.2) is 9.18 Å². The van der Waals surface area contributed by atoms with Gasteiger partial charge in [0.15, 0.2) is 0 Å². The van der Waals surface area contributed by atoms with Gasteiger partial charge in [0.1, 0.15) is 5.82 Å². The summed E-state index contributed by atoms with van der Waals surface area (Å²) in [5, 5.41) is 2.96. The summed E-state index contributed by atoms with van der Waals surface area (Å²) in [5.74, 6) is -0.364. The molecule has 1 N–H and O–H groups in total. The number of likely N-dealkylation sites (tertiary alicyclic amines) is 1. The van der Waals surface area contributed by atoms with Crippen LogP contribution in [0.25, 0.3) is 0 Å². The standard InChI is InChI=1S/C27H26FN3O2/c1-19-7-5-11-22(17-19)29-26(33)30-15-13-27(14-16-30)24(20-8-3-2-4-9-20)31(25(27)32)23-12-6-10-21(28)18-23/h2-12,17-18,24H,13-16H2,1H3,(H,29,33). The zero-order valence-electron chi connectivity index (χ0n) is 18.5. The van der Waals surface area contributed by atoms with E-state index in [0.717, 1.165) is 16.8 Å². The molecule has 168 valence electrons. The number of nitrogens with one attached hydrogen (secondary N) is 1. The average Bonchev–Trinajstić information content (AvgIpc) is 2.82. The highest BCUT2D eigenvalue weighted by Crippen LogP contribution is 2.57. The molecule has 5 rings (SSSR count). The smallest absolute Gasteiger partial charge is 0.321 e. The van der Waals surface area contributed by atoms with E-state index in [0.29, 0.717) is 31.6 Å². The molecule has 1 atom stereocenters. The number of amides is 3. The van der Waals surface area contributed by atoms with Crippen LogP contribution in [0.3, 0.4) is 0 Å². The first-order chi connectivity index (χ1) is 16.0. The number of aryl methyl sites for hydroxylation is 1. The predicted octanol–water partition coefficient (Wildman–Crippen LogP) is 5.54. The zero-order valence-corrected chi connectivity index (χ0v) is 18.5. The van der Waals surface area contributed by atoms with E-state index in [-0.39, 0.29) is 23.8 Å². The van der Waals surface area contributed by atoms with Gasteiger partial charge >= 0.3 is 6.03 Å². The van der Waals surface area contributed by atoms with Crippen LogP contribution in [0.1, 0.15) is 30.0 Å². The topological polar surface area (TPSA) is 52.7 Å². The van der Waals surface area contributed by atoms with Crippen molar-refractivity contribution in [2.75, 3.05) is 23.3 Å². The normalized spacial score (nSPS) is 19.3. The molecule has 1 unspecified atom stereocenters. The Balaban J connectivity index is 1.37. The molecule has 2 saturated heterocycles. The lowest BCUT2D eigenvalue weighted by atomic mass is 9.62. The van der Waals surface area contributed by atoms with Crippen LogP contribution in [0.4, 0.5) is 20.6 Å². The number of hydrogen-bond donors (Lipinski definition) is 1. The van der Waals surface area contributed by atoms with Gasteiger partial charge < -0.3 is 15.1 Å². The first kappa shape index (κ1) is 21.2. The molecule has 0 aromatic heterocycles. The summed E-state index contributed by atoms with van der Waals surface area (Å²) in [6, 6.07) is 23.4. The number of benzene rings is 3. The maximum absolute atomic E-state index is 13.9. The summed E-state index contributed by atoms with van der Waals surface area (Å²) in [7, 11) is 0. The molecule has 3 aromatic rings. The minimum atomic E-state index is -0.589. The lowest BCUT2D eigenvalue weighted by molar-refractivity contribution is -0.144. The van der Waals surface area contributed by atoms with E-state index in [4.69, 9.17) is 0 Å². The lowest BCUT2D eigenvalue weighted by Gasteiger charge is -2.59. The van der Waals surface area contributed by atoms with Gasteiger partial charge in [0.25, 0.3) is 0 Å². The Bertz CT molecular complexity index is 1190. The Morgan fingerprint density at radius 3 is 2.39 bits per heavy atom. The predicted molar refractivity (Wildman–Crippen MR) is 127 cm³/mol.